The summed E-state index contributed by atoms with van der Waals surface area (Å²) in [6.07, 6.45) is 8.05. The molecule has 2 fully saturated rings. The van der Waals surface area contributed by atoms with E-state index in [0.29, 0.717) is 12.5 Å². The van der Waals surface area contributed by atoms with E-state index in [1.54, 1.807) is 7.11 Å². The molecule has 0 spiro atoms. The van der Waals surface area contributed by atoms with Gasteiger partial charge in [0, 0.05) is 24.5 Å². The maximum Gasteiger partial charge on any atom is 0.231 e. The highest BCUT2D eigenvalue weighted by atomic mass is 16.5. The number of carbonyl (C=O) groups excluding carboxylic acids is 1. The number of nitrogens with one attached hydrogen (secondary N) is 1. The predicted octanol–water partition coefficient (Wildman–Crippen LogP) is 3.32. The van der Waals surface area contributed by atoms with Crippen LogP contribution in [0.2, 0.25) is 0 Å². The summed E-state index contributed by atoms with van der Waals surface area (Å²) >= 11 is 0. The van der Waals surface area contributed by atoms with Crippen molar-refractivity contribution in [2.75, 3.05) is 7.11 Å². The van der Waals surface area contributed by atoms with E-state index in [1.165, 1.54) is 18.4 Å². The highest BCUT2D eigenvalue weighted by molar-refractivity contribution is 5.92. The summed E-state index contributed by atoms with van der Waals surface area (Å²) in [6.45, 7) is 0.531. The summed E-state index contributed by atoms with van der Waals surface area (Å²) in [5.41, 5.74) is 2.94. The van der Waals surface area contributed by atoms with E-state index in [4.69, 9.17) is 4.74 Å². The average Bonchev–Trinajstić information content (AvgIpc) is 3.52. The number of para-hydroxylation sites is 1. The van der Waals surface area contributed by atoms with Gasteiger partial charge in [-0.15, -0.1) is 0 Å². The van der Waals surface area contributed by atoms with Crippen molar-refractivity contribution in [3.63, 3.8) is 0 Å². The molecule has 0 bridgehead atoms. The molecule has 1 aromatic carbocycles. The van der Waals surface area contributed by atoms with Crippen LogP contribution >= 0.6 is 0 Å². The number of rotatable bonds is 6. The average molecular weight is 322 g/mol. The van der Waals surface area contributed by atoms with Gasteiger partial charge in [0.15, 0.2) is 0 Å². The van der Waals surface area contributed by atoms with Crippen LogP contribution in [0.5, 0.6) is 5.75 Å². The molecule has 2 aliphatic rings. The Labute approximate surface area is 142 Å². The molecule has 2 aliphatic carbocycles. The predicted molar refractivity (Wildman–Crippen MR) is 92.0 cm³/mol. The standard InChI is InChI=1S/C20H22N2O2/c1-24-18-5-3-2-4-17(18)20(8-9-20)19(23)22-12-14-10-16(13-21-11-14)15-6-7-15/h2-5,10-11,13,15H,6-9,12H2,1H3,(H,22,23). The Hall–Kier alpha value is -2.36. The molecule has 24 heavy (non-hydrogen) atoms. The molecule has 1 heterocycles. The second-order valence-corrected chi connectivity index (χ2v) is 6.87. The number of hydrogen-bond acceptors (Lipinski definition) is 3. The van der Waals surface area contributed by atoms with Gasteiger partial charge in [0.25, 0.3) is 0 Å². The van der Waals surface area contributed by atoms with E-state index in [-0.39, 0.29) is 5.91 Å². The van der Waals surface area contributed by atoms with Gasteiger partial charge in [-0.05, 0) is 48.8 Å². The minimum Gasteiger partial charge on any atom is -0.496 e. The number of pyridine rings is 1. The maximum atomic E-state index is 12.8. The van der Waals surface area contributed by atoms with Crippen molar-refractivity contribution in [2.24, 2.45) is 0 Å². The van der Waals surface area contributed by atoms with Crippen molar-refractivity contribution < 1.29 is 9.53 Å². The number of nitrogens with zero attached hydrogens (tertiary/aromatic N) is 1. The van der Waals surface area contributed by atoms with E-state index in [2.05, 4.69) is 16.4 Å². The van der Waals surface area contributed by atoms with Crippen molar-refractivity contribution in [1.29, 1.82) is 0 Å². The van der Waals surface area contributed by atoms with E-state index in [1.807, 2.05) is 36.7 Å². The van der Waals surface area contributed by atoms with Crippen molar-refractivity contribution in [2.45, 2.75) is 43.6 Å². The molecular formula is C20H22N2O2. The van der Waals surface area contributed by atoms with Crippen molar-refractivity contribution in [3.05, 3.63) is 59.4 Å². The van der Waals surface area contributed by atoms with E-state index >= 15 is 0 Å². The minimum atomic E-state index is -0.422. The Morgan fingerprint density at radius 3 is 2.79 bits per heavy atom. The van der Waals surface area contributed by atoms with Gasteiger partial charge in [-0.3, -0.25) is 9.78 Å². The molecule has 0 saturated heterocycles. The lowest BCUT2D eigenvalue weighted by Gasteiger charge is -2.18. The molecule has 0 radical (unpaired) electrons. The Morgan fingerprint density at radius 1 is 1.29 bits per heavy atom. The number of benzene rings is 1. The third-order valence-electron chi connectivity index (χ3n) is 5.13. The lowest BCUT2D eigenvalue weighted by molar-refractivity contribution is -0.123. The number of ether oxygens (including phenoxy) is 1. The van der Waals surface area contributed by atoms with Crippen LogP contribution in [0.3, 0.4) is 0 Å². The molecule has 1 aromatic heterocycles. The summed E-state index contributed by atoms with van der Waals surface area (Å²) in [5, 5.41) is 3.10. The Balaban J connectivity index is 1.47. The number of hydrogen-bond donors (Lipinski definition) is 1. The first kappa shape index (κ1) is 15.2. The minimum absolute atomic E-state index is 0.0869. The molecule has 1 amide bonds. The normalized spacial score (nSPS) is 18.0. The molecule has 124 valence electrons. The van der Waals surface area contributed by atoms with Gasteiger partial charge in [0.1, 0.15) is 5.75 Å². The van der Waals surface area contributed by atoms with E-state index in [0.717, 1.165) is 29.7 Å². The monoisotopic (exact) mass is 322 g/mol. The van der Waals surface area contributed by atoms with Crippen molar-refractivity contribution >= 4 is 5.91 Å². The van der Waals surface area contributed by atoms with Gasteiger partial charge in [0.05, 0.1) is 12.5 Å². The fourth-order valence-electron chi connectivity index (χ4n) is 3.38. The molecule has 0 atom stereocenters. The smallest absolute Gasteiger partial charge is 0.231 e. The van der Waals surface area contributed by atoms with E-state index < -0.39 is 5.41 Å². The zero-order valence-electron chi connectivity index (χ0n) is 13.9. The first-order valence-corrected chi connectivity index (χ1v) is 8.58. The Morgan fingerprint density at radius 2 is 2.08 bits per heavy atom. The molecular weight excluding hydrogens is 300 g/mol. The third-order valence-corrected chi connectivity index (χ3v) is 5.13. The second kappa shape index (κ2) is 5.93. The van der Waals surface area contributed by atoms with Crippen molar-refractivity contribution in [3.8, 4) is 5.75 Å². The molecule has 0 aliphatic heterocycles. The molecule has 4 rings (SSSR count). The van der Waals surface area contributed by atoms with Crippen LogP contribution in [0.4, 0.5) is 0 Å². The quantitative estimate of drug-likeness (QED) is 0.887. The summed E-state index contributed by atoms with van der Waals surface area (Å²) in [7, 11) is 1.65. The van der Waals surface area contributed by atoms with Crippen LogP contribution in [0, 0.1) is 0 Å². The van der Waals surface area contributed by atoms with Crippen LogP contribution in [0.25, 0.3) is 0 Å². The van der Waals surface area contributed by atoms with Crippen LogP contribution < -0.4 is 10.1 Å². The zero-order valence-corrected chi connectivity index (χ0v) is 13.9. The molecule has 0 unspecified atom stereocenters. The van der Waals surface area contributed by atoms with Crippen molar-refractivity contribution in [1.82, 2.24) is 10.3 Å². The van der Waals surface area contributed by atoms with Crippen LogP contribution in [-0.4, -0.2) is 18.0 Å². The number of amides is 1. The van der Waals surface area contributed by atoms with Crippen LogP contribution in [-0.2, 0) is 16.8 Å². The first-order chi connectivity index (χ1) is 11.7. The fourth-order valence-corrected chi connectivity index (χ4v) is 3.38. The van der Waals surface area contributed by atoms with Gasteiger partial charge >= 0.3 is 0 Å². The van der Waals surface area contributed by atoms with E-state index in [9.17, 15) is 4.79 Å². The highest BCUT2D eigenvalue weighted by Gasteiger charge is 2.52. The molecule has 4 nitrogen and oxygen atoms in total. The summed E-state index contributed by atoms with van der Waals surface area (Å²) < 4.78 is 5.44. The van der Waals surface area contributed by atoms with Gasteiger partial charge in [-0.1, -0.05) is 24.3 Å². The fraction of sp³-hybridized carbons (Fsp3) is 0.400. The maximum absolute atomic E-state index is 12.8. The molecule has 2 saturated carbocycles. The SMILES string of the molecule is COc1ccccc1C1(C(=O)NCc2cncc(C3CC3)c2)CC1. The van der Waals surface area contributed by atoms with Gasteiger partial charge < -0.3 is 10.1 Å². The number of carbonyl (C=O) groups is 1. The lowest BCUT2D eigenvalue weighted by Crippen LogP contribution is -2.34. The Kier molecular flexibility index (Phi) is 3.75. The largest absolute Gasteiger partial charge is 0.496 e. The van der Waals surface area contributed by atoms with Gasteiger partial charge in [-0.2, -0.15) is 0 Å². The summed E-state index contributed by atoms with van der Waals surface area (Å²) in [6, 6.07) is 10.00. The number of aromatic nitrogens is 1. The molecule has 1 N–H and O–H groups in total. The molecule has 2 aromatic rings. The molecule has 4 heteroatoms. The highest BCUT2D eigenvalue weighted by Crippen LogP contribution is 2.51. The summed E-state index contributed by atoms with van der Waals surface area (Å²) in [4.78, 5) is 17.1. The van der Waals surface area contributed by atoms with Crippen LogP contribution in [0.15, 0.2) is 42.7 Å². The lowest BCUT2D eigenvalue weighted by atomic mass is 9.94. The Bertz CT molecular complexity index is 764. The summed E-state index contributed by atoms with van der Waals surface area (Å²) in [5.74, 6) is 1.56. The van der Waals surface area contributed by atoms with Gasteiger partial charge in [0.2, 0.25) is 5.91 Å². The first-order valence-electron chi connectivity index (χ1n) is 8.58. The second-order valence-electron chi connectivity index (χ2n) is 6.87. The number of methoxy groups -OCH3 is 1. The van der Waals surface area contributed by atoms with Gasteiger partial charge in [-0.25, -0.2) is 0 Å². The topological polar surface area (TPSA) is 51.2 Å². The third kappa shape index (κ3) is 2.77. The zero-order chi connectivity index (χ0) is 16.6. The van der Waals surface area contributed by atoms with Crippen LogP contribution in [0.1, 0.15) is 48.3 Å².